The van der Waals surface area contributed by atoms with E-state index < -0.39 is 0 Å². The first-order valence-electron chi connectivity index (χ1n) is 4.92. The molecule has 0 fully saturated rings. The van der Waals surface area contributed by atoms with Crippen molar-refractivity contribution in [2.24, 2.45) is 12.1 Å². The number of nitrogens with zero attached hydrogens (tertiary/aromatic N) is 4. The highest BCUT2D eigenvalue weighted by Gasteiger charge is 2.11. The van der Waals surface area contributed by atoms with E-state index in [0.29, 0.717) is 10.6 Å². The lowest BCUT2D eigenvalue weighted by molar-refractivity contribution is 0.0958. The van der Waals surface area contributed by atoms with Gasteiger partial charge in [0.1, 0.15) is 4.88 Å². The van der Waals surface area contributed by atoms with Gasteiger partial charge in [-0.1, -0.05) is 4.49 Å². The number of carbonyl (C=O) groups excluding carboxylic acids is 1. The van der Waals surface area contributed by atoms with Crippen molar-refractivity contribution < 1.29 is 4.79 Å². The zero-order valence-corrected chi connectivity index (χ0v) is 10.2. The van der Waals surface area contributed by atoms with Gasteiger partial charge in [0.05, 0.1) is 17.6 Å². The minimum absolute atomic E-state index is 0.289. The van der Waals surface area contributed by atoms with Crippen LogP contribution in [0.15, 0.2) is 23.4 Å². The molecule has 6 nitrogen and oxygen atoms in total. The van der Waals surface area contributed by atoms with Gasteiger partial charge in [-0.3, -0.25) is 4.79 Å². The molecule has 2 aromatic heterocycles. The Morgan fingerprint density at radius 2 is 2.47 bits per heavy atom. The van der Waals surface area contributed by atoms with E-state index in [9.17, 15) is 4.79 Å². The molecule has 0 bridgehead atoms. The molecule has 0 aromatic carbocycles. The molecular formula is C10H11N5OS. The van der Waals surface area contributed by atoms with Crippen molar-refractivity contribution in [1.29, 1.82) is 0 Å². The van der Waals surface area contributed by atoms with Crippen LogP contribution in [-0.4, -0.2) is 26.3 Å². The topological polar surface area (TPSA) is 72.2 Å². The number of hydrogen-bond donors (Lipinski definition) is 1. The first-order chi connectivity index (χ1) is 8.18. The zero-order valence-electron chi connectivity index (χ0n) is 9.41. The van der Waals surface area contributed by atoms with E-state index in [1.54, 1.807) is 13.1 Å². The Morgan fingerprint density at radius 3 is 3.06 bits per heavy atom. The molecule has 1 N–H and O–H groups in total. The van der Waals surface area contributed by atoms with Crippen LogP contribution in [0.5, 0.6) is 0 Å². The average molecular weight is 249 g/mol. The second-order valence-corrected chi connectivity index (χ2v) is 4.18. The maximum absolute atomic E-state index is 11.6. The van der Waals surface area contributed by atoms with Crippen molar-refractivity contribution in [3.63, 3.8) is 0 Å². The van der Waals surface area contributed by atoms with Crippen LogP contribution in [-0.2, 0) is 7.05 Å². The van der Waals surface area contributed by atoms with Gasteiger partial charge >= 0.3 is 0 Å². The van der Waals surface area contributed by atoms with Crippen LogP contribution in [0.3, 0.4) is 0 Å². The fraction of sp³-hybridized carbons (Fsp3) is 0.200. The minimum Gasteiger partial charge on any atom is -0.350 e. The molecule has 0 saturated heterocycles. The summed E-state index contributed by atoms with van der Waals surface area (Å²) in [6, 6.07) is 3.80. The number of carbonyl (C=O) groups is 1. The number of nitrogens with one attached hydrogen (secondary N) is 1. The maximum Gasteiger partial charge on any atom is 0.285 e. The lowest BCUT2D eigenvalue weighted by Gasteiger charge is -1.97. The van der Waals surface area contributed by atoms with E-state index >= 15 is 0 Å². The summed E-state index contributed by atoms with van der Waals surface area (Å²) in [5.41, 5.74) is 3.96. The molecule has 2 aromatic rings. The summed E-state index contributed by atoms with van der Waals surface area (Å²) in [5.74, 6) is -0.289. The molecule has 0 atom stereocenters. The van der Waals surface area contributed by atoms with Crippen LogP contribution in [0.4, 0.5) is 0 Å². The number of hydrogen-bond acceptors (Lipinski definition) is 5. The molecule has 17 heavy (non-hydrogen) atoms. The second kappa shape index (κ2) is 4.88. The SMILES string of the molecule is Cc1nnsc1C(=O)N/N=C/c1cccn1C. The van der Waals surface area contributed by atoms with Gasteiger partial charge in [-0.25, -0.2) is 5.43 Å². The fourth-order valence-corrected chi connectivity index (χ4v) is 1.80. The number of aromatic nitrogens is 3. The van der Waals surface area contributed by atoms with Gasteiger partial charge in [0.2, 0.25) is 0 Å². The van der Waals surface area contributed by atoms with Crippen LogP contribution in [0.25, 0.3) is 0 Å². The Bertz CT molecular complexity index is 557. The Morgan fingerprint density at radius 1 is 1.65 bits per heavy atom. The highest BCUT2D eigenvalue weighted by atomic mass is 32.1. The monoisotopic (exact) mass is 249 g/mol. The third-order valence-corrected chi connectivity index (χ3v) is 3.03. The van der Waals surface area contributed by atoms with Crippen LogP contribution in [0, 0.1) is 6.92 Å². The molecule has 1 amide bonds. The first-order valence-corrected chi connectivity index (χ1v) is 5.69. The summed E-state index contributed by atoms with van der Waals surface area (Å²) in [7, 11) is 1.90. The normalized spacial score (nSPS) is 10.9. The Hall–Kier alpha value is -2.02. The van der Waals surface area contributed by atoms with E-state index in [4.69, 9.17) is 0 Å². The lowest BCUT2D eigenvalue weighted by Crippen LogP contribution is -2.17. The molecule has 0 unspecified atom stereocenters. The molecule has 0 radical (unpaired) electrons. The van der Waals surface area contributed by atoms with E-state index in [1.165, 1.54) is 0 Å². The molecular weight excluding hydrogens is 238 g/mol. The van der Waals surface area contributed by atoms with Crippen LogP contribution in [0.2, 0.25) is 0 Å². The highest BCUT2D eigenvalue weighted by molar-refractivity contribution is 7.07. The molecule has 0 aliphatic rings. The van der Waals surface area contributed by atoms with Crippen molar-refractivity contribution in [2.75, 3.05) is 0 Å². The smallest absolute Gasteiger partial charge is 0.285 e. The van der Waals surface area contributed by atoms with E-state index in [2.05, 4.69) is 20.1 Å². The van der Waals surface area contributed by atoms with Crippen LogP contribution >= 0.6 is 11.5 Å². The Labute approximate surface area is 102 Å². The summed E-state index contributed by atoms with van der Waals surface area (Å²) in [4.78, 5) is 12.1. The number of amides is 1. The third-order valence-electron chi connectivity index (χ3n) is 2.20. The average Bonchev–Trinajstić information content (AvgIpc) is 2.88. The largest absolute Gasteiger partial charge is 0.350 e. The van der Waals surface area contributed by atoms with Crippen LogP contribution in [0.1, 0.15) is 21.1 Å². The zero-order chi connectivity index (χ0) is 12.3. The van der Waals surface area contributed by atoms with Gasteiger partial charge in [0, 0.05) is 13.2 Å². The minimum atomic E-state index is -0.289. The summed E-state index contributed by atoms with van der Waals surface area (Å²) in [5, 5.41) is 7.64. The quantitative estimate of drug-likeness (QED) is 0.650. The standard InChI is InChI=1S/C10H11N5OS/c1-7-9(17-14-12-7)10(16)13-11-6-8-4-3-5-15(8)2/h3-6H,1-2H3,(H,13,16)/b11-6+. The molecule has 2 heterocycles. The predicted molar refractivity (Wildman–Crippen MR) is 65.1 cm³/mol. The number of aryl methyl sites for hydroxylation is 2. The van der Waals surface area contributed by atoms with E-state index in [1.807, 2.05) is 29.9 Å². The summed E-state index contributed by atoms with van der Waals surface area (Å²) in [6.07, 6.45) is 3.49. The fourth-order valence-electron chi connectivity index (χ4n) is 1.26. The second-order valence-electron chi connectivity index (χ2n) is 3.43. The summed E-state index contributed by atoms with van der Waals surface area (Å²) >= 11 is 1.06. The van der Waals surface area contributed by atoms with E-state index in [-0.39, 0.29) is 5.91 Å². The number of rotatable bonds is 3. The molecule has 0 spiro atoms. The lowest BCUT2D eigenvalue weighted by atomic mass is 10.4. The van der Waals surface area contributed by atoms with Crippen molar-refractivity contribution >= 4 is 23.7 Å². The predicted octanol–water partition coefficient (Wildman–Crippen LogP) is 0.949. The van der Waals surface area contributed by atoms with Gasteiger partial charge in [-0.05, 0) is 30.6 Å². The number of hydrazone groups is 1. The molecule has 2 rings (SSSR count). The summed E-state index contributed by atoms with van der Waals surface area (Å²) in [6.45, 7) is 1.74. The summed E-state index contributed by atoms with van der Waals surface area (Å²) < 4.78 is 5.59. The van der Waals surface area contributed by atoms with Gasteiger partial charge in [-0.2, -0.15) is 5.10 Å². The highest BCUT2D eigenvalue weighted by Crippen LogP contribution is 2.08. The van der Waals surface area contributed by atoms with Gasteiger partial charge in [0.15, 0.2) is 0 Å². The third kappa shape index (κ3) is 2.56. The Kier molecular flexibility index (Phi) is 3.29. The van der Waals surface area contributed by atoms with E-state index in [0.717, 1.165) is 17.2 Å². The van der Waals surface area contributed by atoms with Gasteiger partial charge in [0.25, 0.3) is 5.91 Å². The van der Waals surface area contributed by atoms with Crippen molar-refractivity contribution in [3.05, 3.63) is 34.6 Å². The van der Waals surface area contributed by atoms with Crippen molar-refractivity contribution in [1.82, 2.24) is 19.6 Å². The van der Waals surface area contributed by atoms with Gasteiger partial charge in [-0.15, -0.1) is 5.10 Å². The first kappa shape index (κ1) is 11.5. The molecule has 0 aliphatic heterocycles. The molecule has 7 heteroatoms. The molecule has 0 saturated carbocycles. The Balaban J connectivity index is 2.00. The van der Waals surface area contributed by atoms with Gasteiger partial charge < -0.3 is 4.57 Å². The van der Waals surface area contributed by atoms with Crippen LogP contribution < -0.4 is 5.43 Å². The van der Waals surface area contributed by atoms with Crippen molar-refractivity contribution in [2.45, 2.75) is 6.92 Å². The molecule has 0 aliphatic carbocycles. The maximum atomic E-state index is 11.6. The molecule has 88 valence electrons. The van der Waals surface area contributed by atoms with Crippen molar-refractivity contribution in [3.8, 4) is 0 Å².